The number of hydrogen-bond acceptors (Lipinski definition) is 9. The molecule has 1 atom stereocenters. The molecule has 1 aliphatic carbocycles. The summed E-state index contributed by atoms with van der Waals surface area (Å²) in [5, 5.41) is 2.83. The molecule has 2 heterocycles. The van der Waals surface area contributed by atoms with Crippen LogP contribution in [0.4, 0.5) is 4.79 Å². The number of ether oxygens (including phenoxy) is 3. The summed E-state index contributed by atoms with van der Waals surface area (Å²) < 4.78 is 16.9. The fourth-order valence-electron chi connectivity index (χ4n) is 5.30. The molecular formula is C34H47N5O7. The van der Waals surface area contributed by atoms with Crippen molar-refractivity contribution < 1.29 is 33.4 Å². The van der Waals surface area contributed by atoms with E-state index in [1.54, 1.807) is 30.6 Å². The number of nitrogens with zero attached hydrogens (tertiary/aromatic N) is 4. The Kier molecular flexibility index (Phi) is 11.9. The number of nitrogens with one attached hydrogen (secondary N) is 1. The van der Waals surface area contributed by atoms with Crippen LogP contribution in [0.15, 0.2) is 36.4 Å². The van der Waals surface area contributed by atoms with Gasteiger partial charge in [-0.05, 0) is 58.8 Å². The Morgan fingerprint density at radius 1 is 0.957 bits per heavy atom. The van der Waals surface area contributed by atoms with Crippen molar-refractivity contribution >= 4 is 23.9 Å². The van der Waals surface area contributed by atoms with E-state index in [0.29, 0.717) is 31.4 Å². The maximum Gasteiger partial charge on any atom is 0.409 e. The molecule has 1 saturated carbocycles. The van der Waals surface area contributed by atoms with E-state index < -0.39 is 29.6 Å². The van der Waals surface area contributed by atoms with Crippen LogP contribution in [0.1, 0.15) is 83.6 Å². The summed E-state index contributed by atoms with van der Waals surface area (Å²) in [7, 11) is 0. The van der Waals surface area contributed by atoms with Crippen LogP contribution in [0.5, 0.6) is 5.88 Å². The molecule has 1 aromatic heterocycles. The molecule has 2 fully saturated rings. The highest BCUT2D eigenvalue weighted by atomic mass is 16.6. The summed E-state index contributed by atoms with van der Waals surface area (Å²) in [5.41, 5.74) is 0.0793. The molecule has 1 aliphatic heterocycles. The molecule has 1 unspecified atom stereocenters. The lowest BCUT2D eigenvalue weighted by Crippen LogP contribution is -2.56. The van der Waals surface area contributed by atoms with E-state index in [1.807, 2.05) is 44.2 Å². The van der Waals surface area contributed by atoms with Gasteiger partial charge in [0.25, 0.3) is 5.91 Å². The Hall–Kier alpha value is -4.22. The van der Waals surface area contributed by atoms with Gasteiger partial charge in [-0.2, -0.15) is 4.98 Å². The first-order valence-electron chi connectivity index (χ1n) is 16.2. The maximum absolute atomic E-state index is 13.8. The minimum absolute atomic E-state index is 0.0129. The van der Waals surface area contributed by atoms with E-state index in [0.717, 1.165) is 31.2 Å². The van der Waals surface area contributed by atoms with Crippen LogP contribution in [0.2, 0.25) is 0 Å². The number of esters is 1. The van der Waals surface area contributed by atoms with Gasteiger partial charge in [-0.1, -0.05) is 44.2 Å². The minimum atomic E-state index is -1.03. The van der Waals surface area contributed by atoms with Gasteiger partial charge in [0.05, 0.1) is 6.61 Å². The molecule has 1 saturated heterocycles. The first kappa shape index (κ1) is 34.6. The Balaban J connectivity index is 1.51. The molecule has 3 amide bonds. The minimum Gasteiger partial charge on any atom is -0.474 e. The predicted octanol–water partition coefficient (Wildman–Crippen LogP) is 4.62. The standard InChI is InChI=1S/C34H47N5O7/c1-23(2)22-44-33(43)39-19-17-38(18-20-39)32(42)26(15-16-29(40)46-34(3,4)5)36-31(41)27-21-28(45-25-13-9-10-14-25)37-30(35-27)24-11-7-6-8-12-24/h6-8,11-12,21,23,25-26H,9-10,13-20,22H2,1-5H3,(H,36,41). The van der Waals surface area contributed by atoms with Crippen LogP contribution in [0, 0.1) is 5.92 Å². The molecule has 0 bridgehead atoms. The van der Waals surface area contributed by atoms with E-state index in [1.165, 1.54) is 6.07 Å². The summed E-state index contributed by atoms with van der Waals surface area (Å²) in [6.45, 7) is 10.7. The number of carbonyl (C=O) groups is 4. The van der Waals surface area contributed by atoms with Crippen molar-refractivity contribution in [2.45, 2.75) is 90.9 Å². The second kappa shape index (κ2) is 15.9. The molecular weight excluding hydrogens is 590 g/mol. The zero-order valence-corrected chi connectivity index (χ0v) is 27.6. The van der Waals surface area contributed by atoms with Gasteiger partial charge in [-0.25, -0.2) is 9.78 Å². The van der Waals surface area contributed by atoms with E-state index in [4.69, 9.17) is 14.2 Å². The molecule has 12 heteroatoms. The molecule has 46 heavy (non-hydrogen) atoms. The lowest BCUT2D eigenvalue weighted by atomic mass is 10.1. The molecule has 2 aromatic rings. The Morgan fingerprint density at radius 2 is 1.61 bits per heavy atom. The summed E-state index contributed by atoms with van der Waals surface area (Å²) in [5.74, 6) is -0.578. The van der Waals surface area contributed by atoms with Gasteiger partial charge in [-0.15, -0.1) is 0 Å². The van der Waals surface area contributed by atoms with Crippen molar-refractivity contribution in [1.29, 1.82) is 0 Å². The highest BCUT2D eigenvalue weighted by Crippen LogP contribution is 2.25. The van der Waals surface area contributed by atoms with Gasteiger partial charge in [0, 0.05) is 44.2 Å². The molecule has 1 aromatic carbocycles. The second-order valence-electron chi connectivity index (χ2n) is 13.2. The van der Waals surface area contributed by atoms with Gasteiger partial charge in [0.1, 0.15) is 23.4 Å². The average Bonchev–Trinajstić information content (AvgIpc) is 3.54. The quantitative estimate of drug-likeness (QED) is 0.350. The third kappa shape index (κ3) is 10.4. The van der Waals surface area contributed by atoms with Crippen LogP contribution in [-0.2, 0) is 19.1 Å². The highest BCUT2D eigenvalue weighted by molar-refractivity contribution is 5.96. The third-order valence-electron chi connectivity index (χ3n) is 7.61. The topological polar surface area (TPSA) is 140 Å². The SMILES string of the molecule is CC(C)COC(=O)N1CCN(C(=O)C(CCC(=O)OC(C)(C)C)NC(=O)c2cc(OC3CCCC3)nc(-c3ccccc3)n2)CC1. The monoisotopic (exact) mass is 637 g/mol. The first-order valence-corrected chi connectivity index (χ1v) is 16.2. The lowest BCUT2D eigenvalue weighted by Gasteiger charge is -2.36. The van der Waals surface area contributed by atoms with Crippen LogP contribution in [0.25, 0.3) is 11.4 Å². The highest BCUT2D eigenvalue weighted by Gasteiger charge is 2.32. The van der Waals surface area contributed by atoms with Gasteiger partial charge in [-0.3, -0.25) is 14.4 Å². The van der Waals surface area contributed by atoms with Crippen molar-refractivity contribution in [3.8, 4) is 17.3 Å². The number of benzene rings is 1. The fourth-order valence-corrected chi connectivity index (χ4v) is 5.30. The Morgan fingerprint density at radius 3 is 2.24 bits per heavy atom. The molecule has 12 nitrogen and oxygen atoms in total. The number of hydrogen-bond donors (Lipinski definition) is 1. The third-order valence-corrected chi connectivity index (χ3v) is 7.61. The number of rotatable bonds is 11. The number of amides is 3. The predicted molar refractivity (Wildman–Crippen MR) is 171 cm³/mol. The van der Waals surface area contributed by atoms with Crippen molar-refractivity contribution in [1.82, 2.24) is 25.1 Å². The van der Waals surface area contributed by atoms with Crippen LogP contribution >= 0.6 is 0 Å². The number of piperazine rings is 1. The number of carbonyl (C=O) groups excluding carboxylic acids is 4. The molecule has 0 spiro atoms. The summed E-state index contributed by atoms with van der Waals surface area (Å²) >= 11 is 0. The van der Waals surface area contributed by atoms with Gasteiger partial charge in [0.15, 0.2) is 5.82 Å². The van der Waals surface area contributed by atoms with Crippen molar-refractivity contribution in [3.05, 3.63) is 42.1 Å². The zero-order chi connectivity index (χ0) is 33.3. The largest absolute Gasteiger partial charge is 0.474 e. The van der Waals surface area contributed by atoms with E-state index in [9.17, 15) is 19.2 Å². The van der Waals surface area contributed by atoms with Gasteiger partial charge < -0.3 is 29.3 Å². The van der Waals surface area contributed by atoms with Gasteiger partial charge >= 0.3 is 12.1 Å². The smallest absolute Gasteiger partial charge is 0.409 e. The molecule has 4 rings (SSSR count). The van der Waals surface area contributed by atoms with E-state index >= 15 is 0 Å². The Bertz CT molecular complexity index is 1350. The molecule has 0 radical (unpaired) electrons. The summed E-state index contributed by atoms with van der Waals surface area (Å²) in [6.07, 6.45) is 3.52. The van der Waals surface area contributed by atoms with E-state index in [-0.39, 0.29) is 49.6 Å². The normalized spacial score (nSPS) is 16.2. The van der Waals surface area contributed by atoms with Crippen molar-refractivity contribution in [2.75, 3.05) is 32.8 Å². The van der Waals surface area contributed by atoms with E-state index in [2.05, 4.69) is 15.3 Å². The Labute approximate surface area is 271 Å². The molecule has 1 N–H and O–H groups in total. The van der Waals surface area contributed by atoms with Crippen molar-refractivity contribution in [3.63, 3.8) is 0 Å². The van der Waals surface area contributed by atoms with Crippen LogP contribution in [-0.4, -0.2) is 94.2 Å². The zero-order valence-electron chi connectivity index (χ0n) is 27.6. The molecule has 250 valence electrons. The number of aromatic nitrogens is 2. The lowest BCUT2D eigenvalue weighted by molar-refractivity contribution is -0.155. The second-order valence-corrected chi connectivity index (χ2v) is 13.2. The maximum atomic E-state index is 13.8. The summed E-state index contributed by atoms with van der Waals surface area (Å²) in [4.78, 5) is 64.9. The molecule has 2 aliphatic rings. The average molecular weight is 638 g/mol. The first-order chi connectivity index (χ1) is 21.9. The fraction of sp³-hybridized carbons (Fsp3) is 0.588. The van der Waals surface area contributed by atoms with Gasteiger partial charge in [0.2, 0.25) is 11.8 Å². The van der Waals surface area contributed by atoms with Crippen LogP contribution < -0.4 is 10.1 Å². The summed E-state index contributed by atoms with van der Waals surface area (Å²) in [6, 6.07) is 9.76. The van der Waals surface area contributed by atoms with Crippen LogP contribution in [0.3, 0.4) is 0 Å². The van der Waals surface area contributed by atoms with Crippen molar-refractivity contribution in [2.24, 2.45) is 5.92 Å².